The molecule has 0 bridgehead atoms. The maximum Gasteiger partial charge on any atom is 0.191 e. The maximum atomic E-state index is 5.87. The number of rotatable bonds is 8. The molecule has 2 rings (SSSR count). The fraction of sp³-hybridized carbons (Fsp3) is 0.667. The Balaban J connectivity index is 1.83. The number of ether oxygens (including phenoxy) is 2. The van der Waals surface area contributed by atoms with Crippen molar-refractivity contribution in [3.05, 3.63) is 35.4 Å². The third-order valence-electron chi connectivity index (χ3n) is 4.25. The molecule has 0 unspecified atom stereocenters. The lowest BCUT2D eigenvalue weighted by molar-refractivity contribution is -0.0149. The molecule has 27 heavy (non-hydrogen) atoms. The lowest BCUT2D eigenvalue weighted by Crippen LogP contribution is -2.44. The number of nitrogens with zero attached hydrogens (tertiary/aromatic N) is 2. The molecule has 0 atom stereocenters. The van der Waals surface area contributed by atoms with Crippen molar-refractivity contribution in [2.24, 2.45) is 4.99 Å². The van der Waals surface area contributed by atoms with Crippen molar-refractivity contribution in [1.29, 1.82) is 0 Å². The zero-order chi connectivity index (χ0) is 19.5. The monoisotopic (exact) mass is 376 g/mol. The number of hydrogen-bond acceptors (Lipinski definition) is 4. The average molecular weight is 377 g/mol. The minimum Gasteiger partial charge on any atom is -0.379 e. The number of hydrogen-bond donors (Lipinski definition) is 2. The summed E-state index contributed by atoms with van der Waals surface area (Å²) in [5.41, 5.74) is 2.25. The van der Waals surface area contributed by atoms with Crippen molar-refractivity contribution in [2.45, 2.75) is 46.4 Å². The Morgan fingerprint density at radius 3 is 2.63 bits per heavy atom. The molecule has 1 aromatic carbocycles. The van der Waals surface area contributed by atoms with Crippen molar-refractivity contribution in [2.75, 3.05) is 45.9 Å². The minimum absolute atomic E-state index is 0.128. The number of morpholine rings is 1. The highest BCUT2D eigenvalue weighted by atomic mass is 16.5. The normalized spacial score (nSPS) is 16.4. The van der Waals surface area contributed by atoms with Crippen LogP contribution in [0.4, 0.5) is 0 Å². The summed E-state index contributed by atoms with van der Waals surface area (Å²) in [6.45, 7) is 16.0. The molecule has 0 radical (unpaired) electrons. The van der Waals surface area contributed by atoms with Crippen molar-refractivity contribution < 1.29 is 9.47 Å². The van der Waals surface area contributed by atoms with Crippen LogP contribution in [0.2, 0.25) is 0 Å². The third-order valence-corrected chi connectivity index (χ3v) is 4.25. The van der Waals surface area contributed by atoms with Gasteiger partial charge in [0.25, 0.3) is 0 Å². The fourth-order valence-corrected chi connectivity index (χ4v) is 2.79. The van der Waals surface area contributed by atoms with E-state index in [-0.39, 0.29) is 5.60 Å². The molecule has 0 saturated carbocycles. The first-order valence-electron chi connectivity index (χ1n) is 10.0. The second kappa shape index (κ2) is 11.3. The minimum atomic E-state index is -0.128. The number of guanidine groups is 1. The number of benzene rings is 1. The van der Waals surface area contributed by atoms with Crippen LogP contribution in [0.15, 0.2) is 29.3 Å². The van der Waals surface area contributed by atoms with E-state index in [1.807, 2.05) is 0 Å². The summed E-state index contributed by atoms with van der Waals surface area (Å²) in [7, 11) is 0. The van der Waals surface area contributed by atoms with Gasteiger partial charge in [-0.05, 0) is 38.8 Å². The average Bonchev–Trinajstić information content (AvgIpc) is 2.65. The second-order valence-electron chi connectivity index (χ2n) is 7.80. The molecule has 6 nitrogen and oxygen atoms in total. The molecule has 6 heteroatoms. The van der Waals surface area contributed by atoms with Crippen molar-refractivity contribution in [3.63, 3.8) is 0 Å². The Bertz CT molecular complexity index is 578. The third kappa shape index (κ3) is 9.22. The van der Waals surface area contributed by atoms with E-state index in [1.54, 1.807) is 0 Å². The van der Waals surface area contributed by atoms with Crippen molar-refractivity contribution in [1.82, 2.24) is 15.5 Å². The van der Waals surface area contributed by atoms with E-state index < -0.39 is 0 Å². The summed E-state index contributed by atoms with van der Waals surface area (Å²) >= 11 is 0. The first kappa shape index (κ1) is 21.7. The van der Waals surface area contributed by atoms with Gasteiger partial charge in [0.1, 0.15) is 0 Å². The molecule has 0 amide bonds. The van der Waals surface area contributed by atoms with Crippen LogP contribution in [-0.4, -0.2) is 62.4 Å². The molecule has 2 N–H and O–H groups in total. The molecule has 0 aliphatic carbocycles. The van der Waals surface area contributed by atoms with Crippen LogP contribution in [-0.2, 0) is 22.6 Å². The summed E-state index contributed by atoms with van der Waals surface area (Å²) in [4.78, 5) is 7.14. The molecule has 1 aliphatic rings. The molecule has 0 aromatic heterocycles. The first-order chi connectivity index (χ1) is 13.0. The van der Waals surface area contributed by atoms with Crippen LogP contribution >= 0.6 is 0 Å². The van der Waals surface area contributed by atoms with Crippen LogP contribution in [0.5, 0.6) is 0 Å². The van der Waals surface area contributed by atoms with Gasteiger partial charge in [0, 0.05) is 32.7 Å². The van der Waals surface area contributed by atoms with Gasteiger partial charge >= 0.3 is 0 Å². The van der Waals surface area contributed by atoms with Crippen molar-refractivity contribution in [3.8, 4) is 0 Å². The van der Waals surface area contributed by atoms with Gasteiger partial charge in [-0.15, -0.1) is 0 Å². The van der Waals surface area contributed by atoms with Gasteiger partial charge in [-0.3, -0.25) is 4.90 Å². The number of aliphatic imine (C=N–C) groups is 1. The summed E-state index contributed by atoms with van der Waals surface area (Å²) in [5, 5.41) is 6.75. The molecule has 0 spiro atoms. The maximum absolute atomic E-state index is 5.87. The molecule has 1 saturated heterocycles. The van der Waals surface area contributed by atoms with E-state index in [4.69, 9.17) is 14.5 Å². The van der Waals surface area contributed by atoms with Gasteiger partial charge in [-0.1, -0.05) is 24.3 Å². The van der Waals surface area contributed by atoms with Crippen molar-refractivity contribution >= 4 is 5.96 Å². The van der Waals surface area contributed by atoms with Crippen LogP contribution < -0.4 is 10.6 Å². The van der Waals surface area contributed by atoms with E-state index in [0.29, 0.717) is 13.2 Å². The van der Waals surface area contributed by atoms with Gasteiger partial charge in [0.2, 0.25) is 0 Å². The van der Waals surface area contributed by atoms with Crippen LogP contribution in [0.1, 0.15) is 38.8 Å². The quantitative estimate of drug-likeness (QED) is 0.539. The van der Waals surface area contributed by atoms with Crippen LogP contribution in [0.25, 0.3) is 0 Å². The Hall–Kier alpha value is -1.63. The fourth-order valence-electron chi connectivity index (χ4n) is 2.79. The zero-order valence-corrected chi connectivity index (χ0v) is 17.4. The molecule has 1 aliphatic heterocycles. The highest BCUT2D eigenvalue weighted by Gasteiger charge is 2.11. The second-order valence-corrected chi connectivity index (χ2v) is 7.80. The van der Waals surface area contributed by atoms with E-state index in [1.165, 1.54) is 11.1 Å². The van der Waals surface area contributed by atoms with Gasteiger partial charge in [-0.2, -0.15) is 0 Å². The standard InChI is InChI=1S/C21H36N4O2/c1-5-22-20(23-9-10-25-11-13-26-14-12-25)24-16-18-7-6-8-19(15-18)17-27-21(2,3)4/h6-8,15H,5,9-14,16-17H2,1-4H3,(H2,22,23,24). The predicted octanol–water partition coefficient (Wildman–Crippen LogP) is 2.39. The molecule has 152 valence electrons. The lowest BCUT2D eigenvalue weighted by Gasteiger charge is -2.26. The largest absolute Gasteiger partial charge is 0.379 e. The highest BCUT2D eigenvalue weighted by molar-refractivity contribution is 5.79. The predicted molar refractivity (Wildman–Crippen MR) is 111 cm³/mol. The first-order valence-corrected chi connectivity index (χ1v) is 10.0. The van der Waals surface area contributed by atoms with E-state index in [9.17, 15) is 0 Å². The molecular formula is C21H36N4O2. The van der Waals surface area contributed by atoms with E-state index in [0.717, 1.165) is 51.9 Å². The van der Waals surface area contributed by atoms with Gasteiger partial charge in [0.15, 0.2) is 5.96 Å². The lowest BCUT2D eigenvalue weighted by atomic mass is 10.1. The molecule has 1 fully saturated rings. The smallest absolute Gasteiger partial charge is 0.191 e. The Kier molecular flexibility index (Phi) is 9.04. The zero-order valence-electron chi connectivity index (χ0n) is 17.4. The van der Waals surface area contributed by atoms with Gasteiger partial charge in [-0.25, -0.2) is 4.99 Å². The van der Waals surface area contributed by atoms with E-state index in [2.05, 4.69) is 67.5 Å². The SMILES string of the molecule is CCNC(=NCc1cccc(COC(C)(C)C)c1)NCCN1CCOCC1. The Morgan fingerprint density at radius 1 is 1.19 bits per heavy atom. The molecule has 1 aromatic rings. The summed E-state index contributed by atoms with van der Waals surface area (Å²) in [6, 6.07) is 8.46. The topological polar surface area (TPSA) is 58.1 Å². The summed E-state index contributed by atoms with van der Waals surface area (Å²) in [6.07, 6.45) is 0. The summed E-state index contributed by atoms with van der Waals surface area (Å²) in [5.74, 6) is 0.863. The Morgan fingerprint density at radius 2 is 1.93 bits per heavy atom. The Labute approximate surface area is 164 Å². The van der Waals surface area contributed by atoms with Gasteiger partial charge < -0.3 is 20.1 Å². The molecule has 1 heterocycles. The van der Waals surface area contributed by atoms with Gasteiger partial charge in [0.05, 0.1) is 32.0 Å². The van der Waals surface area contributed by atoms with E-state index >= 15 is 0 Å². The van der Waals surface area contributed by atoms with Crippen LogP contribution in [0, 0.1) is 0 Å². The number of nitrogens with one attached hydrogen (secondary N) is 2. The molecular weight excluding hydrogens is 340 g/mol. The van der Waals surface area contributed by atoms with Crippen LogP contribution in [0.3, 0.4) is 0 Å². The highest BCUT2D eigenvalue weighted by Crippen LogP contribution is 2.13. The summed E-state index contributed by atoms with van der Waals surface area (Å²) < 4.78 is 11.3.